The van der Waals surface area contributed by atoms with Crippen LogP contribution in [0.1, 0.15) is 26.7 Å². The minimum Gasteiger partial charge on any atom is -0.748 e. The van der Waals surface area contributed by atoms with Crippen molar-refractivity contribution in [1.82, 2.24) is 5.32 Å². The van der Waals surface area contributed by atoms with Crippen molar-refractivity contribution in [2.75, 3.05) is 32.1 Å². The fourth-order valence-corrected chi connectivity index (χ4v) is 4.07. The molecule has 0 aromatic rings. The molecule has 2 unspecified atom stereocenters. The zero-order chi connectivity index (χ0) is 45.4. The second-order valence-electron chi connectivity index (χ2n) is 11.5. The van der Waals surface area contributed by atoms with Crippen LogP contribution in [0.15, 0.2) is 0 Å². The van der Waals surface area contributed by atoms with Crippen molar-refractivity contribution in [3.8, 4) is 0 Å². The molecule has 0 saturated heterocycles. The Bertz CT molecular complexity index is 1460. The minimum absolute atomic E-state index is 0. The van der Waals surface area contributed by atoms with Crippen molar-refractivity contribution in [3.05, 3.63) is 0 Å². The van der Waals surface area contributed by atoms with E-state index in [1.54, 1.807) is 0 Å². The zero-order valence-corrected chi connectivity index (χ0v) is 30.7. The van der Waals surface area contributed by atoms with Gasteiger partial charge in [0, 0.05) is 26.3 Å². The van der Waals surface area contributed by atoms with E-state index in [0.717, 1.165) is 0 Å². The summed E-state index contributed by atoms with van der Waals surface area (Å²) in [6.45, 7) is -9.17. The van der Waals surface area contributed by atoms with Crippen molar-refractivity contribution >= 4 is 16.2 Å². The van der Waals surface area contributed by atoms with E-state index in [1.807, 2.05) is 0 Å². The third kappa shape index (κ3) is 12.1. The molecule has 336 valence electrons. The van der Waals surface area contributed by atoms with Gasteiger partial charge in [-0.2, -0.15) is 101 Å². The molecule has 0 saturated carbocycles. The molecule has 0 fully saturated rings. The number of alkyl halides is 23. The number of carbonyl (C=O) groups is 1. The molecule has 0 bridgehead atoms. The monoisotopic (exact) mass is 933 g/mol. The standard InChI is InChI=1S/C23H24F23NO8S.Na/c1-12(9-53-11(49)47-7-10(48)8-56(50,51)52,54-5-3-14(26,27)17(32,33)19(36,37)16(30,31)13(2,24)25)55-6-4-15(28,29)18(34,35)20(38,39)21(40,41)22(42,43)23(44,45)46;/h10,48H,3-9H2,1-2H3,(H,47,49)(H,50,51,52);/q;+1/p-1. The van der Waals surface area contributed by atoms with Crippen LogP contribution in [-0.2, 0) is 24.3 Å². The Kier molecular flexibility index (Phi) is 18.0. The first-order valence-corrected chi connectivity index (χ1v) is 15.4. The second-order valence-corrected chi connectivity index (χ2v) is 12.9. The van der Waals surface area contributed by atoms with Gasteiger partial charge in [-0.3, -0.25) is 0 Å². The van der Waals surface area contributed by atoms with Crippen LogP contribution in [0, 0.1) is 0 Å². The van der Waals surface area contributed by atoms with Crippen LogP contribution < -0.4 is 34.9 Å². The van der Waals surface area contributed by atoms with E-state index >= 15 is 0 Å². The maximum Gasteiger partial charge on any atom is 1.00 e. The van der Waals surface area contributed by atoms with E-state index in [1.165, 1.54) is 5.32 Å². The molecule has 0 aromatic carbocycles. The summed E-state index contributed by atoms with van der Waals surface area (Å²) < 4.78 is 354. The van der Waals surface area contributed by atoms with E-state index in [-0.39, 0.29) is 36.5 Å². The van der Waals surface area contributed by atoms with E-state index in [2.05, 4.69) is 14.2 Å². The van der Waals surface area contributed by atoms with E-state index in [0.29, 0.717) is 0 Å². The Morgan fingerprint density at radius 3 is 1.26 bits per heavy atom. The van der Waals surface area contributed by atoms with Gasteiger partial charge >= 0.3 is 101 Å². The number of ether oxygens (including phenoxy) is 3. The first-order chi connectivity index (χ1) is 24.2. The summed E-state index contributed by atoms with van der Waals surface area (Å²) >= 11 is 0. The van der Waals surface area contributed by atoms with Crippen molar-refractivity contribution < 1.29 is 168 Å². The van der Waals surface area contributed by atoms with Crippen LogP contribution in [0.25, 0.3) is 0 Å². The number of carbonyl (C=O) groups excluding carboxylic acids is 1. The maximum absolute atomic E-state index is 14.2. The van der Waals surface area contributed by atoms with Crippen LogP contribution in [0.5, 0.6) is 0 Å². The zero-order valence-electron chi connectivity index (χ0n) is 27.9. The molecular formula is C23H23F23NNaO8S. The Hall–Kier alpha value is -1.55. The molecule has 2 N–H and O–H groups in total. The third-order valence-corrected chi connectivity index (χ3v) is 7.58. The number of halogens is 23. The molecule has 2 atom stereocenters. The van der Waals surface area contributed by atoms with E-state index in [4.69, 9.17) is 0 Å². The van der Waals surface area contributed by atoms with Crippen molar-refractivity contribution in [2.45, 2.75) is 104 Å². The number of aliphatic hydroxyl groups excluding tert-OH is 1. The fraction of sp³-hybridized carbons (Fsp3) is 0.957. The molecule has 57 heavy (non-hydrogen) atoms. The summed E-state index contributed by atoms with van der Waals surface area (Å²) in [5, 5.41) is 10.7. The largest absolute Gasteiger partial charge is 1.00 e. The Balaban J connectivity index is 0. The van der Waals surface area contributed by atoms with Gasteiger partial charge in [0.05, 0.1) is 35.2 Å². The number of nitrogens with one attached hydrogen (secondary N) is 1. The van der Waals surface area contributed by atoms with Gasteiger partial charge in [-0.05, 0) is 6.92 Å². The third-order valence-electron chi connectivity index (χ3n) is 6.79. The number of hydrogen-bond donors (Lipinski definition) is 2. The first kappa shape index (κ1) is 57.5. The summed E-state index contributed by atoms with van der Waals surface area (Å²) in [5.74, 6) is -79.7. The molecule has 0 aliphatic carbocycles. The number of amides is 1. The van der Waals surface area contributed by atoms with Crippen LogP contribution in [0.3, 0.4) is 0 Å². The Morgan fingerprint density at radius 1 is 0.614 bits per heavy atom. The molecule has 0 aliphatic rings. The number of hydrogen-bond acceptors (Lipinski definition) is 8. The summed E-state index contributed by atoms with van der Waals surface area (Å²) in [6.07, 6.45) is -18.3. The van der Waals surface area contributed by atoms with Gasteiger partial charge in [0.25, 0.3) is 0 Å². The Labute approximate surface area is 324 Å². The molecule has 0 spiro atoms. The quantitative estimate of drug-likeness (QED) is 0.0719. The summed E-state index contributed by atoms with van der Waals surface area (Å²) in [5.41, 5.74) is 0. The average molecular weight is 933 g/mol. The molecular weight excluding hydrogens is 910 g/mol. The van der Waals surface area contributed by atoms with Gasteiger partial charge in [0.15, 0.2) is 5.79 Å². The Morgan fingerprint density at radius 2 is 0.947 bits per heavy atom. The first-order valence-electron chi connectivity index (χ1n) is 13.8. The van der Waals surface area contributed by atoms with Crippen LogP contribution in [0.2, 0.25) is 0 Å². The predicted octanol–water partition coefficient (Wildman–Crippen LogP) is 4.09. The maximum atomic E-state index is 14.2. The van der Waals surface area contributed by atoms with Crippen molar-refractivity contribution in [1.29, 1.82) is 0 Å². The topological polar surface area (TPSA) is 134 Å². The molecule has 0 radical (unpaired) electrons. The van der Waals surface area contributed by atoms with Gasteiger partial charge in [-0.1, -0.05) is 0 Å². The number of rotatable bonds is 22. The molecule has 0 heterocycles. The molecule has 0 aliphatic heterocycles. The second kappa shape index (κ2) is 17.8. The number of aliphatic hydroxyl groups is 1. The van der Waals surface area contributed by atoms with E-state index in [9.17, 15) is 124 Å². The van der Waals surface area contributed by atoms with Gasteiger partial charge in [0.2, 0.25) is 0 Å². The van der Waals surface area contributed by atoms with Gasteiger partial charge in [-0.25, -0.2) is 13.2 Å². The smallest absolute Gasteiger partial charge is 0.748 e. The van der Waals surface area contributed by atoms with Gasteiger partial charge in [0.1, 0.15) is 6.61 Å². The molecule has 34 heteroatoms. The normalized spacial score (nSPS) is 16.8. The summed E-state index contributed by atoms with van der Waals surface area (Å²) in [4.78, 5) is 11.8. The molecule has 0 aromatic heterocycles. The van der Waals surface area contributed by atoms with Crippen LogP contribution >= 0.6 is 0 Å². The van der Waals surface area contributed by atoms with Gasteiger partial charge in [-0.15, -0.1) is 0 Å². The minimum atomic E-state index is -8.35. The molecule has 0 rings (SSSR count). The van der Waals surface area contributed by atoms with Crippen LogP contribution in [-0.4, -0.2) is 134 Å². The molecule has 1 amide bonds. The summed E-state index contributed by atoms with van der Waals surface area (Å²) in [6, 6.07) is 0. The van der Waals surface area contributed by atoms with E-state index < -0.39 is 145 Å². The van der Waals surface area contributed by atoms with Crippen molar-refractivity contribution in [2.24, 2.45) is 0 Å². The average Bonchev–Trinajstić information content (AvgIpc) is 2.96. The number of alkyl carbamates (subject to hydrolysis) is 1. The fourth-order valence-electron chi connectivity index (χ4n) is 3.48. The summed E-state index contributed by atoms with van der Waals surface area (Å²) in [7, 11) is -5.19. The van der Waals surface area contributed by atoms with Crippen LogP contribution in [0.4, 0.5) is 106 Å². The predicted molar refractivity (Wildman–Crippen MR) is 131 cm³/mol. The SMILES string of the molecule is CC(COC(=O)NCC(O)CS(=O)(=O)[O-])(OCCC(F)(F)C(F)(F)C(F)(F)C(F)(F)C(C)(F)F)OCCC(F)(F)C(F)(F)C(F)(F)C(F)(F)C(F)(F)C(F)(F)F.[Na+]. The van der Waals surface area contributed by atoms with Gasteiger partial charge < -0.3 is 29.2 Å². The van der Waals surface area contributed by atoms with Crippen molar-refractivity contribution in [3.63, 3.8) is 0 Å². The molecule has 9 nitrogen and oxygen atoms in total.